The quantitative estimate of drug-likeness (QED) is 0.563. The highest BCUT2D eigenvalue weighted by Crippen LogP contribution is 2.26. The van der Waals surface area contributed by atoms with Crippen LogP contribution in [0.5, 0.6) is 0 Å². The van der Waals surface area contributed by atoms with Crippen molar-refractivity contribution in [1.29, 1.82) is 0 Å². The molecule has 7 nitrogen and oxygen atoms in total. The van der Waals surface area contributed by atoms with E-state index in [1.54, 1.807) is 25.1 Å². The summed E-state index contributed by atoms with van der Waals surface area (Å²) in [6.07, 6.45) is 1.32. The van der Waals surface area contributed by atoms with Gasteiger partial charge < -0.3 is 5.11 Å². The molecule has 9 heteroatoms. The zero-order valence-electron chi connectivity index (χ0n) is 12.0. The Morgan fingerprint density at radius 2 is 2.17 bits per heavy atom. The van der Waals surface area contributed by atoms with E-state index in [9.17, 15) is 9.18 Å². The third-order valence-corrected chi connectivity index (χ3v) is 4.26. The fourth-order valence-corrected chi connectivity index (χ4v) is 2.76. The molecule has 1 N–H and O–H groups in total. The van der Waals surface area contributed by atoms with Crippen LogP contribution in [0.25, 0.3) is 11.2 Å². The largest absolute Gasteiger partial charge is 0.480 e. The summed E-state index contributed by atoms with van der Waals surface area (Å²) >= 11 is 1.06. The lowest BCUT2D eigenvalue weighted by atomic mass is 10.2. The minimum Gasteiger partial charge on any atom is -0.480 e. The first-order chi connectivity index (χ1) is 11.1. The Morgan fingerprint density at radius 3 is 2.91 bits per heavy atom. The minimum atomic E-state index is -0.944. The van der Waals surface area contributed by atoms with E-state index >= 15 is 0 Å². The molecule has 118 valence electrons. The number of halogens is 1. The van der Waals surface area contributed by atoms with Gasteiger partial charge >= 0.3 is 5.97 Å². The van der Waals surface area contributed by atoms with E-state index in [1.807, 2.05) is 0 Å². The fourth-order valence-electron chi connectivity index (χ4n) is 1.97. The second-order valence-electron chi connectivity index (χ2n) is 4.79. The van der Waals surface area contributed by atoms with Crippen molar-refractivity contribution in [1.82, 2.24) is 25.0 Å². The van der Waals surface area contributed by atoms with Crippen LogP contribution in [-0.4, -0.2) is 41.3 Å². The highest BCUT2D eigenvalue weighted by molar-refractivity contribution is 8.00. The molecule has 0 saturated carbocycles. The number of aromatic nitrogens is 5. The van der Waals surface area contributed by atoms with Crippen LogP contribution in [0.2, 0.25) is 0 Å². The van der Waals surface area contributed by atoms with Crippen molar-refractivity contribution in [3.05, 3.63) is 42.0 Å². The number of aliphatic carboxylic acids is 1. The number of carbonyl (C=O) groups is 1. The summed E-state index contributed by atoms with van der Waals surface area (Å²) in [4.78, 5) is 19.2. The molecule has 2 heterocycles. The van der Waals surface area contributed by atoms with Crippen LogP contribution in [0.1, 0.15) is 12.5 Å². The van der Waals surface area contributed by atoms with Gasteiger partial charge in [0, 0.05) is 5.56 Å². The Kier molecular flexibility index (Phi) is 4.20. The number of hydrogen-bond donors (Lipinski definition) is 1. The molecule has 0 radical (unpaired) electrons. The second-order valence-corrected chi connectivity index (χ2v) is 6.12. The van der Waals surface area contributed by atoms with E-state index in [0.29, 0.717) is 21.8 Å². The maximum Gasteiger partial charge on any atom is 0.316 e. The predicted molar refractivity (Wildman–Crippen MR) is 81.6 cm³/mol. The lowest BCUT2D eigenvalue weighted by Crippen LogP contribution is -2.11. The molecule has 0 bridgehead atoms. The van der Waals surface area contributed by atoms with Gasteiger partial charge in [-0.2, -0.15) is 0 Å². The number of rotatable bonds is 5. The van der Waals surface area contributed by atoms with Crippen LogP contribution in [0, 0.1) is 5.82 Å². The SMILES string of the molecule is CC(Sc1ncnc2c1nnn2Cc1ccccc1F)C(=O)O. The highest BCUT2D eigenvalue weighted by Gasteiger charge is 2.19. The van der Waals surface area contributed by atoms with Gasteiger partial charge in [0.2, 0.25) is 0 Å². The summed E-state index contributed by atoms with van der Waals surface area (Å²) in [5, 5.41) is 16.7. The summed E-state index contributed by atoms with van der Waals surface area (Å²) < 4.78 is 15.2. The van der Waals surface area contributed by atoms with E-state index in [4.69, 9.17) is 5.11 Å². The van der Waals surface area contributed by atoms with Crippen molar-refractivity contribution in [2.45, 2.75) is 23.7 Å². The number of thioether (sulfide) groups is 1. The van der Waals surface area contributed by atoms with Crippen LogP contribution in [0.3, 0.4) is 0 Å². The highest BCUT2D eigenvalue weighted by atomic mass is 32.2. The summed E-state index contributed by atoms with van der Waals surface area (Å²) in [6.45, 7) is 1.74. The van der Waals surface area contributed by atoms with Crippen molar-refractivity contribution in [3.8, 4) is 0 Å². The number of hydrogen-bond acceptors (Lipinski definition) is 6. The number of fused-ring (bicyclic) bond motifs is 1. The lowest BCUT2D eigenvalue weighted by molar-refractivity contribution is -0.136. The van der Waals surface area contributed by atoms with Crippen molar-refractivity contribution in [3.63, 3.8) is 0 Å². The zero-order chi connectivity index (χ0) is 16.4. The molecule has 3 rings (SSSR count). The van der Waals surface area contributed by atoms with Crippen LogP contribution in [0.15, 0.2) is 35.6 Å². The Bertz CT molecular complexity index is 869. The van der Waals surface area contributed by atoms with E-state index in [0.717, 1.165) is 11.8 Å². The molecular weight excluding hydrogens is 321 g/mol. The molecule has 0 fully saturated rings. The van der Waals surface area contributed by atoms with Crippen molar-refractivity contribution in [2.75, 3.05) is 0 Å². The predicted octanol–water partition coefficient (Wildman–Crippen LogP) is 1.97. The third-order valence-electron chi connectivity index (χ3n) is 3.18. The van der Waals surface area contributed by atoms with Gasteiger partial charge in [-0.15, -0.1) is 5.10 Å². The molecule has 0 saturated heterocycles. The molecule has 0 aliphatic carbocycles. The standard InChI is InChI=1S/C14H12FN5O2S/c1-8(14(21)22)23-13-11-12(16-7-17-13)20(19-18-11)6-9-4-2-3-5-10(9)15/h2-5,7-8H,6H2,1H3,(H,21,22). The molecule has 3 aromatic rings. The van der Waals surface area contributed by atoms with Crippen LogP contribution >= 0.6 is 11.8 Å². The topological polar surface area (TPSA) is 93.8 Å². The Balaban J connectivity index is 1.95. The zero-order valence-corrected chi connectivity index (χ0v) is 12.9. The maximum absolute atomic E-state index is 13.8. The number of benzene rings is 1. The Labute approximate surface area is 134 Å². The van der Waals surface area contributed by atoms with Gasteiger partial charge in [-0.3, -0.25) is 4.79 Å². The molecule has 23 heavy (non-hydrogen) atoms. The van der Waals surface area contributed by atoms with E-state index in [1.165, 1.54) is 17.1 Å². The first-order valence-corrected chi connectivity index (χ1v) is 7.61. The first kappa shape index (κ1) is 15.3. The molecule has 0 aliphatic rings. The van der Waals surface area contributed by atoms with Gasteiger partial charge in [0.05, 0.1) is 6.54 Å². The number of carboxylic acid groups (broad SMARTS) is 1. The minimum absolute atomic E-state index is 0.179. The van der Waals surface area contributed by atoms with Crippen LogP contribution in [-0.2, 0) is 11.3 Å². The molecule has 1 unspecified atom stereocenters. The molecule has 1 atom stereocenters. The fraction of sp³-hybridized carbons (Fsp3) is 0.214. The van der Waals surface area contributed by atoms with Gasteiger partial charge in [-0.25, -0.2) is 19.0 Å². The van der Waals surface area contributed by atoms with Gasteiger partial charge in [-0.05, 0) is 13.0 Å². The monoisotopic (exact) mass is 333 g/mol. The average molecular weight is 333 g/mol. The Hall–Kier alpha value is -2.55. The molecule has 2 aromatic heterocycles. The summed E-state index contributed by atoms with van der Waals surface area (Å²) in [5.74, 6) is -1.28. The third kappa shape index (κ3) is 3.14. The smallest absolute Gasteiger partial charge is 0.316 e. The van der Waals surface area contributed by atoms with Gasteiger partial charge in [0.25, 0.3) is 0 Å². The maximum atomic E-state index is 13.8. The molecule has 0 spiro atoms. The van der Waals surface area contributed by atoms with Gasteiger partial charge in [0.1, 0.15) is 22.4 Å². The summed E-state index contributed by atoms with van der Waals surface area (Å²) in [7, 11) is 0. The van der Waals surface area contributed by atoms with Crippen molar-refractivity contribution < 1.29 is 14.3 Å². The van der Waals surface area contributed by atoms with E-state index in [2.05, 4.69) is 20.3 Å². The number of carboxylic acids is 1. The second kappa shape index (κ2) is 6.29. The number of nitrogens with zero attached hydrogens (tertiary/aromatic N) is 5. The molecule has 1 aromatic carbocycles. The Morgan fingerprint density at radius 1 is 1.39 bits per heavy atom. The normalized spacial score (nSPS) is 12.4. The summed E-state index contributed by atoms with van der Waals surface area (Å²) in [5.41, 5.74) is 1.30. The van der Waals surface area contributed by atoms with E-state index < -0.39 is 11.2 Å². The molecular formula is C14H12FN5O2S. The van der Waals surface area contributed by atoms with Crippen molar-refractivity contribution >= 4 is 28.9 Å². The lowest BCUT2D eigenvalue weighted by Gasteiger charge is -2.05. The van der Waals surface area contributed by atoms with Gasteiger partial charge in [-0.1, -0.05) is 35.2 Å². The average Bonchev–Trinajstić information content (AvgIpc) is 2.94. The van der Waals surface area contributed by atoms with Crippen LogP contribution in [0.4, 0.5) is 4.39 Å². The summed E-state index contributed by atoms with van der Waals surface area (Å²) in [6, 6.07) is 6.39. The van der Waals surface area contributed by atoms with Gasteiger partial charge in [0.15, 0.2) is 11.2 Å². The first-order valence-electron chi connectivity index (χ1n) is 6.73. The molecule has 0 aliphatic heterocycles. The van der Waals surface area contributed by atoms with Crippen molar-refractivity contribution in [2.24, 2.45) is 0 Å². The molecule has 0 amide bonds. The van der Waals surface area contributed by atoms with E-state index in [-0.39, 0.29) is 12.4 Å². The van der Waals surface area contributed by atoms with Crippen LogP contribution < -0.4 is 0 Å².